The van der Waals surface area contributed by atoms with Crippen molar-refractivity contribution in [2.45, 2.75) is 6.92 Å². The van der Waals surface area contributed by atoms with Gasteiger partial charge in [-0.1, -0.05) is 84.9 Å². The van der Waals surface area contributed by atoms with Crippen LogP contribution in [0.15, 0.2) is 96.0 Å². The molecule has 1 heteroatoms. The summed E-state index contributed by atoms with van der Waals surface area (Å²) in [5, 5.41) is 0. The van der Waals surface area contributed by atoms with E-state index in [1.54, 1.807) is 0 Å². The Morgan fingerprint density at radius 3 is 1.91 bits per heavy atom. The fraction of sp³-hybridized carbons (Fsp3) is 0.0455. The SMILES string of the molecule is C/C=C/c1cccc(N=C(c2ccccc2)c2ccccc2)c1. The highest BCUT2D eigenvalue weighted by Crippen LogP contribution is 2.20. The number of hydrogen-bond donors (Lipinski definition) is 0. The summed E-state index contributed by atoms with van der Waals surface area (Å²) >= 11 is 0. The smallest absolute Gasteiger partial charge is 0.0781 e. The lowest BCUT2D eigenvalue weighted by atomic mass is 10.0. The molecule has 1 nitrogen and oxygen atoms in total. The third kappa shape index (κ3) is 3.83. The number of allylic oxidation sites excluding steroid dienone is 1. The Morgan fingerprint density at radius 2 is 1.35 bits per heavy atom. The topological polar surface area (TPSA) is 12.4 Å². The van der Waals surface area contributed by atoms with E-state index in [4.69, 9.17) is 4.99 Å². The molecule has 0 aliphatic heterocycles. The average molecular weight is 297 g/mol. The molecule has 0 spiro atoms. The molecule has 0 aliphatic carbocycles. The van der Waals surface area contributed by atoms with Gasteiger partial charge in [-0.2, -0.15) is 0 Å². The van der Waals surface area contributed by atoms with Gasteiger partial charge in [-0.25, -0.2) is 4.99 Å². The van der Waals surface area contributed by atoms with Crippen LogP contribution in [0.5, 0.6) is 0 Å². The lowest BCUT2D eigenvalue weighted by molar-refractivity contribution is 1.47. The molecule has 112 valence electrons. The van der Waals surface area contributed by atoms with Crippen molar-refractivity contribution in [1.29, 1.82) is 0 Å². The predicted molar refractivity (Wildman–Crippen MR) is 99.3 cm³/mol. The van der Waals surface area contributed by atoms with Crippen molar-refractivity contribution in [3.05, 3.63) is 108 Å². The highest BCUT2D eigenvalue weighted by Gasteiger charge is 2.06. The average Bonchev–Trinajstić information content (AvgIpc) is 2.62. The molecule has 0 bridgehead atoms. The molecule has 0 aromatic heterocycles. The predicted octanol–water partition coefficient (Wildman–Crippen LogP) is 5.89. The molecule has 0 atom stereocenters. The maximum Gasteiger partial charge on any atom is 0.0781 e. The van der Waals surface area contributed by atoms with E-state index >= 15 is 0 Å². The van der Waals surface area contributed by atoms with E-state index < -0.39 is 0 Å². The van der Waals surface area contributed by atoms with Crippen LogP contribution in [0.2, 0.25) is 0 Å². The van der Waals surface area contributed by atoms with Gasteiger partial charge in [0, 0.05) is 11.1 Å². The van der Waals surface area contributed by atoms with Crippen LogP contribution < -0.4 is 0 Å². The summed E-state index contributed by atoms with van der Waals surface area (Å²) in [6.07, 6.45) is 4.13. The van der Waals surface area contributed by atoms with Crippen molar-refractivity contribution in [1.82, 2.24) is 0 Å². The molecule has 3 aromatic rings. The Balaban J connectivity index is 2.10. The Morgan fingerprint density at radius 1 is 0.739 bits per heavy atom. The molecule has 3 aromatic carbocycles. The third-order valence-corrected chi connectivity index (χ3v) is 3.56. The maximum absolute atomic E-state index is 4.92. The van der Waals surface area contributed by atoms with Crippen LogP contribution in [-0.4, -0.2) is 5.71 Å². The molecule has 0 fully saturated rings. The Hall–Kier alpha value is -2.93. The number of aliphatic imine (C=N–C) groups is 1. The summed E-state index contributed by atoms with van der Waals surface area (Å²) in [4.78, 5) is 4.92. The van der Waals surface area contributed by atoms with E-state index in [1.807, 2.05) is 61.5 Å². The zero-order valence-electron chi connectivity index (χ0n) is 13.2. The minimum atomic E-state index is 0.961. The van der Waals surface area contributed by atoms with E-state index in [9.17, 15) is 0 Å². The van der Waals surface area contributed by atoms with Gasteiger partial charge >= 0.3 is 0 Å². The molecule has 0 unspecified atom stereocenters. The zero-order valence-corrected chi connectivity index (χ0v) is 13.2. The Labute approximate surface area is 137 Å². The first kappa shape index (κ1) is 15.0. The second kappa shape index (κ2) is 7.37. The summed E-state index contributed by atoms with van der Waals surface area (Å²) in [5.41, 5.74) is 5.35. The van der Waals surface area contributed by atoms with Crippen LogP contribution in [0.1, 0.15) is 23.6 Å². The molecular formula is C22H19N. The normalized spacial score (nSPS) is 10.7. The standard InChI is InChI=1S/C22H19N/c1-2-10-18-11-9-16-21(17-18)23-22(19-12-5-3-6-13-19)20-14-7-4-8-15-20/h2-17H,1H3/b10-2+. The summed E-state index contributed by atoms with van der Waals surface area (Å²) in [7, 11) is 0. The van der Waals surface area contributed by atoms with E-state index in [0.717, 1.165) is 28.1 Å². The van der Waals surface area contributed by atoms with Gasteiger partial charge in [-0.15, -0.1) is 0 Å². The van der Waals surface area contributed by atoms with Crippen molar-refractivity contribution in [3.63, 3.8) is 0 Å². The van der Waals surface area contributed by atoms with Crippen molar-refractivity contribution < 1.29 is 0 Å². The van der Waals surface area contributed by atoms with E-state index in [1.165, 1.54) is 0 Å². The molecule has 0 radical (unpaired) electrons. The molecule has 23 heavy (non-hydrogen) atoms. The van der Waals surface area contributed by atoms with Crippen molar-refractivity contribution >= 4 is 17.5 Å². The maximum atomic E-state index is 4.92. The van der Waals surface area contributed by atoms with Gasteiger partial charge in [0.1, 0.15) is 0 Å². The van der Waals surface area contributed by atoms with Gasteiger partial charge in [-0.05, 0) is 24.6 Å². The highest BCUT2D eigenvalue weighted by molar-refractivity contribution is 6.13. The van der Waals surface area contributed by atoms with E-state index in [2.05, 4.69) is 42.5 Å². The first-order valence-corrected chi connectivity index (χ1v) is 7.79. The van der Waals surface area contributed by atoms with E-state index in [0.29, 0.717) is 0 Å². The van der Waals surface area contributed by atoms with Crippen molar-refractivity contribution in [2.75, 3.05) is 0 Å². The van der Waals surface area contributed by atoms with Crippen LogP contribution >= 0.6 is 0 Å². The molecule has 0 aliphatic rings. The van der Waals surface area contributed by atoms with Crippen molar-refractivity contribution in [2.24, 2.45) is 4.99 Å². The van der Waals surface area contributed by atoms with Gasteiger partial charge in [-0.3, -0.25) is 0 Å². The first-order valence-electron chi connectivity index (χ1n) is 7.79. The van der Waals surface area contributed by atoms with Crippen LogP contribution in [0, 0.1) is 0 Å². The third-order valence-electron chi connectivity index (χ3n) is 3.56. The van der Waals surface area contributed by atoms with Gasteiger partial charge in [0.05, 0.1) is 11.4 Å². The van der Waals surface area contributed by atoms with Gasteiger partial charge in [0.2, 0.25) is 0 Å². The second-order valence-electron chi connectivity index (χ2n) is 5.29. The largest absolute Gasteiger partial charge is 0.248 e. The fourth-order valence-corrected chi connectivity index (χ4v) is 2.51. The minimum absolute atomic E-state index is 0.961. The molecule has 0 saturated heterocycles. The second-order valence-corrected chi connectivity index (χ2v) is 5.29. The fourth-order valence-electron chi connectivity index (χ4n) is 2.51. The number of nitrogens with zero attached hydrogens (tertiary/aromatic N) is 1. The first-order chi connectivity index (χ1) is 11.4. The minimum Gasteiger partial charge on any atom is -0.248 e. The monoisotopic (exact) mass is 297 g/mol. The number of hydrogen-bond acceptors (Lipinski definition) is 1. The summed E-state index contributed by atoms with van der Waals surface area (Å²) < 4.78 is 0. The number of rotatable bonds is 4. The van der Waals surface area contributed by atoms with Gasteiger partial charge in [0.25, 0.3) is 0 Å². The van der Waals surface area contributed by atoms with Crippen molar-refractivity contribution in [3.8, 4) is 0 Å². The summed E-state index contributed by atoms with van der Waals surface area (Å²) in [6.45, 7) is 2.02. The highest BCUT2D eigenvalue weighted by atomic mass is 14.7. The molecule has 0 saturated carbocycles. The quantitative estimate of drug-likeness (QED) is 0.532. The van der Waals surface area contributed by atoms with Crippen LogP contribution in [-0.2, 0) is 0 Å². The molecule has 3 rings (SSSR count). The van der Waals surface area contributed by atoms with E-state index in [-0.39, 0.29) is 0 Å². The molecule has 0 N–H and O–H groups in total. The lowest BCUT2D eigenvalue weighted by Crippen LogP contribution is -2.02. The molecule has 0 heterocycles. The Bertz CT molecular complexity index is 773. The zero-order chi connectivity index (χ0) is 15.9. The van der Waals surface area contributed by atoms with Crippen LogP contribution in [0.3, 0.4) is 0 Å². The summed E-state index contributed by atoms with van der Waals surface area (Å²) in [6, 6.07) is 28.9. The van der Waals surface area contributed by atoms with Gasteiger partial charge < -0.3 is 0 Å². The van der Waals surface area contributed by atoms with Crippen LogP contribution in [0.25, 0.3) is 6.08 Å². The van der Waals surface area contributed by atoms with Crippen LogP contribution in [0.4, 0.5) is 5.69 Å². The molecular weight excluding hydrogens is 278 g/mol. The molecule has 0 amide bonds. The number of benzene rings is 3. The summed E-state index contributed by atoms with van der Waals surface area (Å²) in [5.74, 6) is 0. The lowest BCUT2D eigenvalue weighted by Gasteiger charge is -2.08. The Kier molecular flexibility index (Phi) is 4.80. The van der Waals surface area contributed by atoms with Gasteiger partial charge in [0.15, 0.2) is 0 Å².